The van der Waals surface area contributed by atoms with Gasteiger partial charge in [0.15, 0.2) is 0 Å². The highest BCUT2D eigenvalue weighted by Crippen LogP contribution is 2.35. The SMILES string of the molecule is C=C(c1ccc(-c2cc(C(F)F)c3oc(CN)cc3c2)cc1)N1CCOCC1. The summed E-state index contributed by atoms with van der Waals surface area (Å²) in [6.07, 6.45) is -2.63. The molecule has 0 radical (unpaired) electrons. The smallest absolute Gasteiger partial charge is 0.267 e. The first-order chi connectivity index (χ1) is 13.6. The highest BCUT2D eigenvalue weighted by molar-refractivity contribution is 5.87. The van der Waals surface area contributed by atoms with E-state index in [0.717, 1.165) is 35.5 Å². The van der Waals surface area contributed by atoms with Crippen molar-refractivity contribution in [1.82, 2.24) is 4.90 Å². The summed E-state index contributed by atoms with van der Waals surface area (Å²) >= 11 is 0. The molecule has 1 fully saturated rings. The Balaban J connectivity index is 1.66. The van der Waals surface area contributed by atoms with Crippen LogP contribution in [-0.4, -0.2) is 31.2 Å². The predicted molar refractivity (Wildman–Crippen MR) is 106 cm³/mol. The minimum atomic E-state index is -2.63. The average Bonchev–Trinajstić information content (AvgIpc) is 3.16. The van der Waals surface area contributed by atoms with E-state index in [2.05, 4.69) is 11.5 Å². The van der Waals surface area contributed by atoms with Crippen molar-refractivity contribution in [3.63, 3.8) is 0 Å². The largest absolute Gasteiger partial charge is 0.459 e. The van der Waals surface area contributed by atoms with Gasteiger partial charge >= 0.3 is 0 Å². The van der Waals surface area contributed by atoms with Crippen molar-refractivity contribution >= 4 is 16.7 Å². The Morgan fingerprint density at radius 1 is 1.07 bits per heavy atom. The zero-order valence-corrected chi connectivity index (χ0v) is 15.5. The molecule has 0 unspecified atom stereocenters. The molecule has 0 aliphatic carbocycles. The highest BCUT2D eigenvalue weighted by atomic mass is 19.3. The van der Waals surface area contributed by atoms with Gasteiger partial charge in [0.05, 0.1) is 25.3 Å². The number of halogens is 2. The maximum atomic E-state index is 13.6. The number of nitrogens with zero attached hydrogens (tertiary/aromatic N) is 1. The lowest BCUT2D eigenvalue weighted by Gasteiger charge is -2.30. The van der Waals surface area contributed by atoms with E-state index in [1.165, 1.54) is 6.07 Å². The van der Waals surface area contributed by atoms with E-state index in [4.69, 9.17) is 14.9 Å². The van der Waals surface area contributed by atoms with Gasteiger partial charge < -0.3 is 19.8 Å². The standard InChI is InChI=1S/C22H22F2N2O2/c1-14(26-6-8-27-9-7-26)15-2-4-16(5-3-15)17-10-18-11-19(13-25)28-21(18)20(12-17)22(23)24/h2-5,10-12,22H,1,6-9,13,25H2. The van der Waals surface area contributed by atoms with Crippen molar-refractivity contribution in [1.29, 1.82) is 0 Å². The normalized spacial score (nSPS) is 14.8. The fourth-order valence-corrected chi connectivity index (χ4v) is 3.53. The van der Waals surface area contributed by atoms with E-state index in [0.29, 0.717) is 24.4 Å². The fourth-order valence-electron chi connectivity index (χ4n) is 3.53. The molecule has 28 heavy (non-hydrogen) atoms. The van der Waals surface area contributed by atoms with Crippen LogP contribution in [0.2, 0.25) is 0 Å². The molecule has 0 amide bonds. The van der Waals surface area contributed by atoms with Gasteiger partial charge in [-0.3, -0.25) is 0 Å². The van der Waals surface area contributed by atoms with E-state index >= 15 is 0 Å². The molecule has 6 heteroatoms. The Morgan fingerprint density at radius 2 is 1.79 bits per heavy atom. The third kappa shape index (κ3) is 3.53. The number of morpholine rings is 1. The Kier molecular flexibility index (Phi) is 5.15. The maximum Gasteiger partial charge on any atom is 0.267 e. The lowest BCUT2D eigenvalue weighted by Crippen LogP contribution is -2.34. The molecule has 1 saturated heterocycles. The van der Waals surface area contributed by atoms with Gasteiger partial charge in [0.25, 0.3) is 6.43 Å². The molecule has 4 nitrogen and oxygen atoms in total. The van der Waals surface area contributed by atoms with Gasteiger partial charge in [-0.25, -0.2) is 8.78 Å². The summed E-state index contributed by atoms with van der Waals surface area (Å²) < 4.78 is 38.0. The van der Waals surface area contributed by atoms with Crippen molar-refractivity contribution in [2.75, 3.05) is 26.3 Å². The number of alkyl halides is 2. The number of nitrogens with two attached hydrogens (primary N) is 1. The van der Waals surface area contributed by atoms with E-state index in [-0.39, 0.29) is 17.7 Å². The van der Waals surface area contributed by atoms with Crippen molar-refractivity contribution in [2.24, 2.45) is 5.73 Å². The van der Waals surface area contributed by atoms with Crippen molar-refractivity contribution in [3.05, 3.63) is 65.9 Å². The maximum absolute atomic E-state index is 13.6. The average molecular weight is 384 g/mol. The van der Waals surface area contributed by atoms with Gasteiger partial charge in [-0.1, -0.05) is 30.8 Å². The summed E-state index contributed by atoms with van der Waals surface area (Å²) in [5.41, 5.74) is 9.21. The van der Waals surface area contributed by atoms with Crippen molar-refractivity contribution < 1.29 is 17.9 Å². The number of hydrogen-bond donors (Lipinski definition) is 1. The summed E-state index contributed by atoms with van der Waals surface area (Å²) in [7, 11) is 0. The zero-order valence-electron chi connectivity index (χ0n) is 15.5. The molecular formula is C22H22F2N2O2. The van der Waals surface area contributed by atoms with Crippen LogP contribution in [0.4, 0.5) is 8.78 Å². The second-order valence-corrected chi connectivity index (χ2v) is 6.82. The molecule has 0 saturated carbocycles. The van der Waals surface area contributed by atoms with Gasteiger partial charge in [0.2, 0.25) is 0 Å². The number of fused-ring (bicyclic) bond motifs is 1. The van der Waals surface area contributed by atoms with Crippen LogP contribution in [0.5, 0.6) is 0 Å². The molecule has 0 spiro atoms. The molecule has 4 rings (SSSR count). The summed E-state index contributed by atoms with van der Waals surface area (Å²) in [6, 6.07) is 12.9. The van der Waals surface area contributed by atoms with E-state index < -0.39 is 6.43 Å². The monoisotopic (exact) mass is 384 g/mol. The van der Waals surface area contributed by atoms with Crippen molar-refractivity contribution in [2.45, 2.75) is 13.0 Å². The number of hydrogen-bond acceptors (Lipinski definition) is 4. The highest BCUT2D eigenvalue weighted by Gasteiger charge is 2.18. The molecule has 0 atom stereocenters. The Hall–Kier alpha value is -2.70. The molecule has 1 aromatic heterocycles. The van der Waals surface area contributed by atoms with E-state index in [1.807, 2.05) is 30.3 Å². The third-order valence-electron chi connectivity index (χ3n) is 5.08. The van der Waals surface area contributed by atoms with Crippen LogP contribution < -0.4 is 5.73 Å². The van der Waals surface area contributed by atoms with E-state index in [1.54, 1.807) is 6.07 Å². The third-order valence-corrected chi connectivity index (χ3v) is 5.08. The molecule has 3 aromatic rings. The van der Waals surface area contributed by atoms with Gasteiger partial charge in [-0.15, -0.1) is 0 Å². The first-order valence-electron chi connectivity index (χ1n) is 9.24. The molecule has 1 aliphatic heterocycles. The molecular weight excluding hydrogens is 362 g/mol. The van der Waals surface area contributed by atoms with E-state index in [9.17, 15) is 8.78 Å². The number of rotatable bonds is 5. The summed E-state index contributed by atoms with van der Waals surface area (Å²) in [6.45, 7) is 7.39. The lowest BCUT2D eigenvalue weighted by molar-refractivity contribution is 0.0641. The number of furan rings is 1. The quantitative estimate of drug-likeness (QED) is 0.687. The number of benzene rings is 2. The molecule has 1 aliphatic rings. The van der Waals surface area contributed by atoms with Crippen LogP contribution >= 0.6 is 0 Å². The molecule has 2 aromatic carbocycles. The molecule has 0 bridgehead atoms. The first kappa shape index (κ1) is 18.7. The molecule has 2 N–H and O–H groups in total. The van der Waals surface area contributed by atoms with Gasteiger partial charge in [0, 0.05) is 24.2 Å². The Bertz CT molecular complexity index is 990. The van der Waals surface area contributed by atoms with Crippen LogP contribution in [-0.2, 0) is 11.3 Å². The lowest BCUT2D eigenvalue weighted by atomic mass is 9.99. The number of ether oxygens (including phenoxy) is 1. The van der Waals surface area contributed by atoms with Crippen LogP contribution in [0.3, 0.4) is 0 Å². The topological polar surface area (TPSA) is 51.6 Å². The minimum absolute atomic E-state index is 0.117. The van der Waals surface area contributed by atoms with Crippen LogP contribution in [0.15, 0.2) is 53.5 Å². The second kappa shape index (κ2) is 7.73. The van der Waals surface area contributed by atoms with Crippen LogP contribution in [0.25, 0.3) is 27.8 Å². The Labute approximate surface area is 162 Å². The molecule has 2 heterocycles. The van der Waals surface area contributed by atoms with Crippen molar-refractivity contribution in [3.8, 4) is 11.1 Å². The summed E-state index contributed by atoms with van der Waals surface area (Å²) in [5, 5.41) is 0.634. The predicted octanol–water partition coefficient (Wildman–Crippen LogP) is 4.80. The minimum Gasteiger partial charge on any atom is -0.459 e. The zero-order chi connectivity index (χ0) is 19.7. The Morgan fingerprint density at radius 3 is 2.43 bits per heavy atom. The first-order valence-corrected chi connectivity index (χ1v) is 9.24. The van der Waals surface area contributed by atoms with Gasteiger partial charge in [-0.05, 0) is 34.9 Å². The second-order valence-electron chi connectivity index (χ2n) is 6.82. The molecule has 146 valence electrons. The summed E-state index contributed by atoms with van der Waals surface area (Å²) in [5.74, 6) is 0.492. The summed E-state index contributed by atoms with van der Waals surface area (Å²) in [4.78, 5) is 2.19. The van der Waals surface area contributed by atoms with Gasteiger partial charge in [-0.2, -0.15) is 0 Å². The van der Waals surface area contributed by atoms with Crippen LogP contribution in [0.1, 0.15) is 23.3 Å². The fraction of sp³-hybridized carbons (Fsp3) is 0.273. The van der Waals surface area contributed by atoms with Gasteiger partial charge in [0.1, 0.15) is 11.3 Å². The van der Waals surface area contributed by atoms with Crippen LogP contribution in [0, 0.1) is 0 Å².